The predicted molar refractivity (Wildman–Crippen MR) is 80.8 cm³/mol. The molecule has 3 nitrogen and oxygen atoms in total. The van der Waals surface area contributed by atoms with Gasteiger partial charge in [-0.3, -0.25) is 4.90 Å². The first-order chi connectivity index (χ1) is 9.58. The van der Waals surface area contributed by atoms with Crippen molar-refractivity contribution in [1.82, 2.24) is 10.2 Å². The maximum Gasteiger partial charge on any atom is 0.387 e. The Bertz CT molecular complexity index is 417. The van der Waals surface area contributed by atoms with Crippen LogP contribution >= 0.6 is 24.8 Å². The molecule has 1 atom stereocenters. The van der Waals surface area contributed by atoms with Gasteiger partial charge in [-0.1, -0.05) is 12.1 Å². The van der Waals surface area contributed by atoms with Gasteiger partial charge >= 0.3 is 6.61 Å². The molecule has 0 spiro atoms. The summed E-state index contributed by atoms with van der Waals surface area (Å²) < 4.78 is 54.8. The Balaban J connectivity index is 0.00000220. The summed E-state index contributed by atoms with van der Waals surface area (Å²) >= 11 is 0. The number of hydrogen-bond donors (Lipinski definition) is 1. The van der Waals surface area contributed by atoms with Gasteiger partial charge < -0.3 is 10.1 Å². The van der Waals surface area contributed by atoms with Crippen LogP contribution in [-0.4, -0.2) is 44.1 Å². The monoisotopic (exact) mass is 364 g/mol. The number of nitrogens with one attached hydrogen (secondary N) is 1. The summed E-state index contributed by atoms with van der Waals surface area (Å²) in [5.41, 5.74) is 0.406. The Morgan fingerprint density at radius 2 is 1.50 bits per heavy atom. The second-order valence-electron chi connectivity index (χ2n) is 4.51. The second-order valence-corrected chi connectivity index (χ2v) is 4.51. The summed E-state index contributed by atoms with van der Waals surface area (Å²) in [4.78, 5) is 1.70. The minimum absolute atomic E-state index is 0. The van der Waals surface area contributed by atoms with Crippen molar-refractivity contribution in [1.29, 1.82) is 0 Å². The zero-order valence-electron chi connectivity index (χ0n) is 11.6. The van der Waals surface area contributed by atoms with Crippen molar-refractivity contribution < 1.29 is 22.3 Å². The molecule has 9 heteroatoms. The fourth-order valence-electron chi connectivity index (χ4n) is 2.32. The van der Waals surface area contributed by atoms with Crippen LogP contribution < -0.4 is 10.1 Å². The van der Waals surface area contributed by atoms with E-state index in [1.165, 1.54) is 24.3 Å². The average Bonchev–Trinajstić information content (AvgIpc) is 2.41. The quantitative estimate of drug-likeness (QED) is 0.811. The van der Waals surface area contributed by atoms with Crippen molar-refractivity contribution >= 4 is 24.8 Å². The van der Waals surface area contributed by atoms with E-state index in [0.717, 1.165) is 0 Å². The van der Waals surface area contributed by atoms with E-state index in [0.29, 0.717) is 31.7 Å². The zero-order chi connectivity index (χ0) is 14.5. The number of alkyl halides is 4. The topological polar surface area (TPSA) is 24.5 Å². The Morgan fingerprint density at radius 1 is 0.955 bits per heavy atom. The van der Waals surface area contributed by atoms with Crippen molar-refractivity contribution in [2.24, 2.45) is 0 Å². The molecule has 1 aromatic carbocycles. The molecule has 128 valence electrons. The molecule has 22 heavy (non-hydrogen) atoms. The molecular formula is C13H18Cl2F4N2O. The van der Waals surface area contributed by atoms with Crippen LogP contribution in [0.2, 0.25) is 0 Å². The van der Waals surface area contributed by atoms with Crippen LogP contribution in [0.15, 0.2) is 24.3 Å². The lowest BCUT2D eigenvalue weighted by Crippen LogP contribution is -2.46. The van der Waals surface area contributed by atoms with Crippen LogP contribution in [0.25, 0.3) is 0 Å². The highest BCUT2D eigenvalue weighted by molar-refractivity contribution is 5.85. The van der Waals surface area contributed by atoms with Crippen molar-refractivity contribution in [3.8, 4) is 5.75 Å². The first-order valence-electron chi connectivity index (χ1n) is 6.35. The Kier molecular flexibility index (Phi) is 9.75. The highest BCUT2D eigenvalue weighted by atomic mass is 35.5. The van der Waals surface area contributed by atoms with E-state index >= 15 is 0 Å². The van der Waals surface area contributed by atoms with E-state index < -0.39 is 19.1 Å². The van der Waals surface area contributed by atoms with Gasteiger partial charge in [-0.05, 0) is 17.7 Å². The highest BCUT2D eigenvalue weighted by Crippen LogP contribution is 2.29. The fraction of sp³-hybridized carbons (Fsp3) is 0.538. The fourth-order valence-corrected chi connectivity index (χ4v) is 2.32. The molecule has 1 saturated heterocycles. The van der Waals surface area contributed by atoms with Gasteiger partial charge in [0.1, 0.15) is 5.75 Å². The second kappa shape index (κ2) is 10.1. The largest absolute Gasteiger partial charge is 0.435 e. The first kappa shape index (κ1) is 21.2. The number of hydrogen-bond acceptors (Lipinski definition) is 3. The first-order valence-corrected chi connectivity index (χ1v) is 6.35. The Labute approximate surface area is 138 Å². The molecule has 0 bridgehead atoms. The van der Waals surface area contributed by atoms with Gasteiger partial charge in [-0.2, -0.15) is 8.78 Å². The molecule has 1 heterocycles. The van der Waals surface area contributed by atoms with E-state index in [-0.39, 0.29) is 30.6 Å². The van der Waals surface area contributed by atoms with Gasteiger partial charge in [-0.15, -0.1) is 24.8 Å². The molecule has 1 aliphatic heterocycles. The minimum Gasteiger partial charge on any atom is -0.435 e. The molecule has 1 aromatic rings. The van der Waals surface area contributed by atoms with Gasteiger partial charge in [0.2, 0.25) is 0 Å². The van der Waals surface area contributed by atoms with Crippen LogP contribution in [0.5, 0.6) is 5.75 Å². The van der Waals surface area contributed by atoms with Crippen molar-refractivity contribution in [2.45, 2.75) is 19.1 Å². The van der Waals surface area contributed by atoms with E-state index in [4.69, 9.17) is 0 Å². The number of piperazine rings is 1. The maximum atomic E-state index is 13.3. The number of benzene rings is 1. The molecule has 1 N–H and O–H groups in total. The lowest BCUT2D eigenvalue weighted by Gasteiger charge is -2.34. The summed E-state index contributed by atoms with van der Waals surface area (Å²) in [7, 11) is 0. The minimum atomic E-state index is -2.92. The highest BCUT2D eigenvalue weighted by Gasteiger charge is 2.30. The maximum absolute atomic E-state index is 13.3. The summed E-state index contributed by atoms with van der Waals surface area (Å²) in [5.74, 6) is -0.0305. The number of halogens is 6. The van der Waals surface area contributed by atoms with Gasteiger partial charge in [-0.25, -0.2) is 8.78 Å². The van der Waals surface area contributed by atoms with E-state index in [1.807, 2.05) is 0 Å². The van der Waals surface area contributed by atoms with Crippen LogP contribution in [-0.2, 0) is 0 Å². The predicted octanol–water partition coefficient (Wildman–Crippen LogP) is 3.34. The lowest BCUT2D eigenvalue weighted by molar-refractivity contribution is -0.0499. The van der Waals surface area contributed by atoms with Gasteiger partial charge in [0, 0.05) is 26.2 Å². The molecular weight excluding hydrogens is 347 g/mol. The number of rotatable bonds is 5. The van der Waals surface area contributed by atoms with E-state index in [9.17, 15) is 17.6 Å². The van der Waals surface area contributed by atoms with Crippen LogP contribution in [0.1, 0.15) is 11.6 Å². The average molecular weight is 365 g/mol. The smallest absolute Gasteiger partial charge is 0.387 e. The SMILES string of the molecule is Cl.Cl.FC(F)Oc1ccc([C@@H](C(F)F)N2CCNCC2)cc1. The summed E-state index contributed by atoms with van der Waals surface area (Å²) in [5, 5.41) is 3.10. The zero-order valence-corrected chi connectivity index (χ0v) is 13.2. The van der Waals surface area contributed by atoms with Gasteiger partial charge in [0.15, 0.2) is 0 Å². The molecule has 0 unspecified atom stereocenters. The summed E-state index contributed by atoms with van der Waals surface area (Å²) in [6.07, 6.45) is -2.53. The number of nitrogens with zero attached hydrogens (tertiary/aromatic N) is 1. The molecule has 1 aliphatic rings. The lowest BCUT2D eigenvalue weighted by atomic mass is 10.0. The van der Waals surface area contributed by atoms with Crippen molar-refractivity contribution in [3.05, 3.63) is 29.8 Å². The Hall–Kier alpha value is -0.760. The molecule has 0 aromatic heterocycles. The third-order valence-electron chi connectivity index (χ3n) is 3.23. The van der Waals surface area contributed by atoms with Gasteiger partial charge in [0.25, 0.3) is 6.43 Å². The molecule has 0 saturated carbocycles. The van der Waals surface area contributed by atoms with Gasteiger partial charge in [0.05, 0.1) is 6.04 Å². The van der Waals surface area contributed by atoms with Crippen LogP contribution in [0, 0.1) is 0 Å². The third-order valence-corrected chi connectivity index (χ3v) is 3.23. The molecule has 2 rings (SSSR count). The van der Waals surface area contributed by atoms with Crippen molar-refractivity contribution in [2.75, 3.05) is 26.2 Å². The standard InChI is InChI=1S/C13H16F4N2O.2ClH/c14-12(15)11(19-7-5-18-6-8-19)9-1-3-10(4-2-9)20-13(16)17;;/h1-4,11-13,18H,5-8H2;2*1H/t11-;;/m0../s1. The summed E-state index contributed by atoms with van der Waals surface area (Å²) in [6, 6.07) is 4.39. The van der Waals surface area contributed by atoms with Crippen molar-refractivity contribution in [3.63, 3.8) is 0 Å². The summed E-state index contributed by atoms with van der Waals surface area (Å²) in [6.45, 7) is -0.528. The van der Waals surface area contributed by atoms with Crippen LogP contribution in [0.3, 0.4) is 0 Å². The number of ether oxygens (including phenoxy) is 1. The molecule has 0 aliphatic carbocycles. The normalized spacial score (nSPS) is 16.8. The van der Waals surface area contributed by atoms with E-state index in [1.54, 1.807) is 4.90 Å². The Morgan fingerprint density at radius 3 is 1.95 bits per heavy atom. The molecule has 1 fully saturated rings. The van der Waals surface area contributed by atoms with Crippen LogP contribution in [0.4, 0.5) is 17.6 Å². The molecule has 0 amide bonds. The molecule has 0 radical (unpaired) electrons. The third kappa shape index (κ3) is 5.79. The van der Waals surface area contributed by atoms with E-state index in [2.05, 4.69) is 10.1 Å².